The SMILES string of the molecule is CN(Cc1cccnc1)C(=O)C1(c2ccc(Br)cc2)CC1. The fraction of sp³-hybridized carbons (Fsp3) is 0.294. The number of nitrogens with zero attached hydrogens (tertiary/aromatic N) is 2. The van der Waals surface area contributed by atoms with Crippen molar-refractivity contribution in [3.63, 3.8) is 0 Å². The molecule has 1 aliphatic rings. The molecule has 0 saturated heterocycles. The lowest BCUT2D eigenvalue weighted by Gasteiger charge is -2.24. The molecule has 108 valence electrons. The highest BCUT2D eigenvalue weighted by Crippen LogP contribution is 2.49. The Morgan fingerprint density at radius 3 is 2.57 bits per heavy atom. The van der Waals surface area contributed by atoms with Gasteiger partial charge in [0.05, 0.1) is 5.41 Å². The lowest BCUT2D eigenvalue weighted by molar-refractivity contribution is -0.133. The summed E-state index contributed by atoms with van der Waals surface area (Å²) in [5.41, 5.74) is 1.87. The molecular formula is C17H17BrN2O. The number of amides is 1. The molecule has 1 aromatic carbocycles. The number of rotatable bonds is 4. The monoisotopic (exact) mass is 344 g/mol. The van der Waals surface area contributed by atoms with Crippen LogP contribution in [0.25, 0.3) is 0 Å². The van der Waals surface area contributed by atoms with Gasteiger partial charge < -0.3 is 4.90 Å². The van der Waals surface area contributed by atoms with E-state index in [-0.39, 0.29) is 11.3 Å². The molecule has 0 bridgehead atoms. The molecule has 3 nitrogen and oxygen atoms in total. The van der Waals surface area contributed by atoms with Gasteiger partial charge >= 0.3 is 0 Å². The van der Waals surface area contributed by atoms with E-state index in [1.54, 1.807) is 6.20 Å². The van der Waals surface area contributed by atoms with Gasteiger partial charge in [0.2, 0.25) is 5.91 Å². The first-order valence-electron chi connectivity index (χ1n) is 7.02. The fourth-order valence-electron chi connectivity index (χ4n) is 2.72. The number of likely N-dealkylation sites (N-methyl/N-ethyl adjacent to an activating group) is 1. The zero-order valence-electron chi connectivity index (χ0n) is 11.9. The minimum Gasteiger partial charge on any atom is -0.341 e. The number of hydrogen-bond acceptors (Lipinski definition) is 2. The normalized spacial score (nSPS) is 15.5. The smallest absolute Gasteiger partial charge is 0.233 e. The standard InChI is InChI=1S/C17H17BrN2O/c1-20(12-13-3-2-10-19-11-13)16(21)17(8-9-17)14-4-6-15(18)7-5-14/h2-7,10-11H,8-9,12H2,1H3. The molecule has 1 aromatic heterocycles. The summed E-state index contributed by atoms with van der Waals surface area (Å²) in [5.74, 6) is 0.202. The molecule has 2 aromatic rings. The minimum atomic E-state index is -0.308. The minimum absolute atomic E-state index is 0.202. The highest BCUT2D eigenvalue weighted by Gasteiger charge is 2.52. The Kier molecular flexibility index (Phi) is 3.81. The molecule has 1 fully saturated rings. The van der Waals surface area contributed by atoms with Crippen molar-refractivity contribution in [3.8, 4) is 0 Å². The zero-order chi connectivity index (χ0) is 14.9. The van der Waals surface area contributed by atoms with Crippen LogP contribution in [0.15, 0.2) is 53.3 Å². The molecule has 0 N–H and O–H groups in total. The molecule has 0 spiro atoms. The van der Waals surface area contributed by atoms with E-state index in [1.807, 2.05) is 54.5 Å². The van der Waals surface area contributed by atoms with Crippen molar-refractivity contribution < 1.29 is 4.79 Å². The molecular weight excluding hydrogens is 328 g/mol. The summed E-state index contributed by atoms with van der Waals surface area (Å²) in [5, 5.41) is 0. The van der Waals surface area contributed by atoms with E-state index >= 15 is 0 Å². The van der Waals surface area contributed by atoms with E-state index in [0.29, 0.717) is 6.54 Å². The third-order valence-electron chi connectivity index (χ3n) is 4.05. The predicted molar refractivity (Wildman–Crippen MR) is 85.8 cm³/mol. The van der Waals surface area contributed by atoms with Gasteiger partial charge in [0, 0.05) is 30.5 Å². The van der Waals surface area contributed by atoms with Gasteiger partial charge in [0.15, 0.2) is 0 Å². The van der Waals surface area contributed by atoms with Gasteiger partial charge in [-0.15, -0.1) is 0 Å². The summed E-state index contributed by atoms with van der Waals surface area (Å²) in [6.45, 7) is 0.602. The third-order valence-corrected chi connectivity index (χ3v) is 4.57. The largest absolute Gasteiger partial charge is 0.341 e. The Balaban J connectivity index is 1.76. The van der Waals surface area contributed by atoms with Crippen LogP contribution in [0.3, 0.4) is 0 Å². The van der Waals surface area contributed by atoms with Crippen molar-refractivity contribution >= 4 is 21.8 Å². The first kappa shape index (κ1) is 14.3. The third kappa shape index (κ3) is 2.86. The first-order valence-corrected chi connectivity index (χ1v) is 7.82. The Morgan fingerprint density at radius 2 is 2.00 bits per heavy atom. The second-order valence-corrected chi connectivity index (χ2v) is 6.53. The Bertz CT molecular complexity index is 636. The summed E-state index contributed by atoms with van der Waals surface area (Å²) < 4.78 is 1.04. The van der Waals surface area contributed by atoms with Crippen LogP contribution in [0.5, 0.6) is 0 Å². The molecule has 0 unspecified atom stereocenters. The lowest BCUT2D eigenvalue weighted by Crippen LogP contribution is -2.36. The van der Waals surface area contributed by atoms with Crippen LogP contribution >= 0.6 is 15.9 Å². The summed E-state index contributed by atoms with van der Waals surface area (Å²) in [4.78, 5) is 18.7. The van der Waals surface area contributed by atoms with Gasteiger partial charge in [0.25, 0.3) is 0 Å². The molecule has 0 atom stereocenters. The van der Waals surface area contributed by atoms with Gasteiger partial charge in [-0.2, -0.15) is 0 Å². The van der Waals surface area contributed by atoms with Crippen molar-refractivity contribution in [3.05, 3.63) is 64.4 Å². The quantitative estimate of drug-likeness (QED) is 0.849. The average Bonchev–Trinajstić information content (AvgIpc) is 3.30. The molecule has 1 saturated carbocycles. The summed E-state index contributed by atoms with van der Waals surface area (Å²) >= 11 is 3.44. The van der Waals surface area contributed by atoms with Gasteiger partial charge in [-0.25, -0.2) is 0 Å². The van der Waals surface area contributed by atoms with E-state index in [9.17, 15) is 4.79 Å². The van der Waals surface area contributed by atoms with Crippen molar-refractivity contribution in [2.45, 2.75) is 24.8 Å². The Morgan fingerprint density at radius 1 is 1.29 bits per heavy atom. The van der Waals surface area contributed by atoms with Crippen molar-refractivity contribution in [1.82, 2.24) is 9.88 Å². The van der Waals surface area contributed by atoms with Crippen molar-refractivity contribution in [2.24, 2.45) is 0 Å². The zero-order valence-corrected chi connectivity index (χ0v) is 13.5. The number of halogens is 1. The van der Waals surface area contributed by atoms with Gasteiger partial charge in [-0.3, -0.25) is 9.78 Å². The number of benzene rings is 1. The lowest BCUT2D eigenvalue weighted by atomic mass is 9.94. The van der Waals surface area contributed by atoms with Gasteiger partial charge in [-0.1, -0.05) is 34.1 Å². The maximum atomic E-state index is 12.8. The maximum absolute atomic E-state index is 12.8. The molecule has 21 heavy (non-hydrogen) atoms. The molecule has 3 rings (SSSR count). The predicted octanol–water partition coefficient (Wildman–Crippen LogP) is 3.53. The average molecular weight is 345 g/mol. The van der Waals surface area contributed by atoms with E-state index in [0.717, 1.165) is 28.4 Å². The maximum Gasteiger partial charge on any atom is 0.233 e. The summed E-state index contributed by atoms with van der Waals surface area (Å²) in [6.07, 6.45) is 5.42. The first-order chi connectivity index (χ1) is 10.1. The molecule has 0 radical (unpaired) electrons. The molecule has 0 aliphatic heterocycles. The van der Waals surface area contributed by atoms with Crippen molar-refractivity contribution in [1.29, 1.82) is 0 Å². The number of hydrogen-bond donors (Lipinski definition) is 0. The summed E-state index contributed by atoms with van der Waals surface area (Å²) in [6, 6.07) is 12.0. The van der Waals surface area contributed by atoms with Crippen LogP contribution in [-0.4, -0.2) is 22.8 Å². The van der Waals surface area contributed by atoms with Gasteiger partial charge in [0.1, 0.15) is 0 Å². The highest BCUT2D eigenvalue weighted by atomic mass is 79.9. The Hall–Kier alpha value is -1.68. The van der Waals surface area contributed by atoms with Crippen LogP contribution < -0.4 is 0 Å². The number of aromatic nitrogens is 1. The van der Waals surface area contributed by atoms with E-state index in [4.69, 9.17) is 0 Å². The number of carbonyl (C=O) groups excluding carboxylic acids is 1. The molecule has 1 aliphatic carbocycles. The molecule has 1 amide bonds. The second-order valence-electron chi connectivity index (χ2n) is 5.61. The van der Waals surface area contributed by atoms with E-state index in [2.05, 4.69) is 20.9 Å². The number of pyridine rings is 1. The second kappa shape index (κ2) is 5.60. The highest BCUT2D eigenvalue weighted by molar-refractivity contribution is 9.10. The van der Waals surface area contributed by atoms with E-state index < -0.39 is 0 Å². The molecule has 1 heterocycles. The molecule has 4 heteroatoms. The van der Waals surface area contributed by atoms with Crippen LogP contribution in [0.4, 0.5) is 0 Å². The van der Waals surface area contributed by atoms with Crippen LogP contribution in [-0.2, 0) is 16.8 Å². The topological polar surface area (TPSA) is 33.2 Å². The number of carbonyl (C=O) groups is 1. The van der Waals surface area contributed by atoms with Crippen LogP contribution in [0.1, 0.15) is 24.0 Å². The van der Waals surface area contributed by atoms with Crippen LogP contribution in [0.2, 0.25) is 0 Å². The fourth-order valence-corrected chi connectivity index (χ4v) is 2.99. The van der Waals surface area contributed by atoms with Gasteiger partial charge in [-0.05, 0) is 42.2 Å². The van der Waals surface area contributed by atoms with E-state index in [1.165, 1.54) is 0 Å². The van der Waals surface area contributed by atoms with Crippen molar-refractivity contribution in [2.75, 3.05) is 7.05 Å². The Labute approximate surface area is 133 Å². The summed E-state index contributed by atoms with van der Waals surface area (Å²) in [7, 11) is 1.87. The van der Waals surface area contributed by atoms with Crippen LogP contribution in [0, 0.1) is 0 Å².